The summed E-state index contributed by atoms with van der Waals surface area (Å²) in [5.41, 5.74) is 9.51. The Labute approximate surface area is 193 Å². The monoisotopic (exact) mass is 454 g/mol. The number of halogens is 1. The first-order valence-electron chi connectivity index (χ1n) is 10.3. The van der Waals surface area contributed by atoms with Crippen molar-refractivity contribution in [2.75, 3.05) is 12.4 Å². The van der Waals surface area contributed by atoms with Crippen LogP contribution in [0.5, 0.6) is 0 Å². The van der Waals surface area contributed by atoms with Crippen LogP contribution in [0.2, 0.25) is 0 Å². The van der Waals surface area contributed by atoms with Gasteiger partial charge in [0.05, 0.1) is 12.5 Å². The van der Waals surface area contributed by atoms with E-state index in [1.54, 1.807) is 24.2 Å². The van der Waals surface area contributed by atoms with Gasteiger partial charge in [-0.15, -0.1) is 12.4 Å². The number of likely N-dealkylation sites (N-methyl/N-ethyl adjacent to an activating group) is 1. The first-order valence-corrected chi connectivity index (χ1v) is 10.3. The molecule has 0 bridgehead atoms. The van der Waals surface area contributed by atoms with Crippen molar-refractivity contribution in [1.82, 2.24) is 9.88 Å². The third kappa shape index (κ3) is 4.69. The van der Waals surface area contributed by atoms with Crippen LogP contribution in [0.1, 0.15) is 29.4 Å². The number of carbonyl (C=O) groups excluding carboxylic acids is 2. The van der Waals surface area contributed by atoms with Gasteiger partial charge in [-0.3, -0.25) is 9.59 Å². The third-order valence-electron chi connectivity index (χ3n) is 5.76. The molecule has 0 radical (unpaired) electrons. The van der Waals surface area contributed by atoms with Crippen molar-refractivity contribution in [2.45, 2.75) is 32.9 Å². The lowest BCUT2D eigenvalue weighted by atomic mass is 9.89. The Morgan fingerprint density at radius 1 is 1.41 bits per heavy atom. The molecule has 0 spiro atoms. The SMILES string of the molecule is Cc1c(CN(C)C(=O)C=Cc2cnc3c(c2)CC(C(C)N)C(=O)N3)oc2ccccc12.Cl. The molecule has 1 aromatic carbocycles. The highest BCUT2D eigenvalue weighted by atomic mass is 35.5. The number of aryl methyl sites for hydroxylation is 1. The van der Waals surface area contributed by atoms with Gasteiger partial charge in [0.15, 0.2) is 0 Å². The molecule has 8 heteroatoms. The zero-order valence-electron chi connectivity index (χ0n) is 18.3. The molecule has 1 aliphatic heterocycles. The van der Waals surface area contributed by atoms with Crippen LogP contribution in [0.4, 0.5) is 5.82 Å². The Kier molecular flexibility index (Phi) is 7.01. The second-order valence-corrected chi connectivity index (χ2v) is 8.11. The van der Waals surface area contributed by atoms with E-state index in [1.165, 1.54) is 6.08 Å². The van der Waals surface area contributed by atoms with Crippen molar-refractivity contribution >= 4 is 47.1 Å². The van der Waals surface area contributed by atoms with Crippen LogP contribution in [0.25, 0.3) is 17.0 Å². The highest BCUT2D eigenvalue weighted by Crippen LogP contribution is 2.27. The minimum Gasteiger partial charge on any atom is -0.459 e. The van der Waals surface area contributed by atoms with Crippen molar-refractivity contribution in [3.63, 3.8) is 0 Å². The number of furan rings is 1. The van der Waals surface area contributed by atoms with Gasteiger partial charge in [-0.05, 0) is 49.6 Å². The Bertz CT molecular complexity index is 1190. The molecule has 4 rings (SSSR count). The van der Waals surface area contributed by atoms with Crippen LogP contribution in [0.3, 0.4) is 0 Å². The molecular formula is C24H27ClN4O3. The number of nitrogens with two attached hydrogens (primary N) is 1. The van der Waals surface area contributed by atoms with Gasteiger partial charge in [0.25, 0.3) is 0 Å². The van der Waals surface area contributed by atoms with Crippen molar-refractivity contribution in [2.24, 2.45) is 11.7 Å². The highest BCUT2D eigenvalue weighted by molar-refractivity contribution is 5.95. The van der Waals surface area contributed by atoms with Gasteiger partial charge in [-0.1, -0.05) is 18.2 Å². The smallest absolute Gasteiger partial charge is 0.246 e. The number of aromatic nitrogens is 1. The van der Waals surface area contributed by atoms with E-state index in [4.69, 9.17) is 10.2 Å². The maximum Gasteiger partial charge on any atom is 0.246 e. The number of nitrogens with zero attached hydrogens (tertiary/aromatic N) is 2. The molecule has 2 unspecified atom stereocenters. The highest BCUT2D eigenvalue weighted by Gasteiger charge is 2.29. The number of benzene rings is 1. The van der Waals surface area contributed by atoms with Crippen molar-refractivity contribution in [3.8, 4) is 0 Å². The zero-order valence-corrected chi connectivity index (χ0v) is 19.1. The number of pyridine rings is 1. The lowest BCUT2D eigenvalue weighted by Crippen LogP contribution is -2.41. The molecule has 32 heavy (non-hydrogen) atoms. The summed E-state index contributed by atoms with van der Waals surface area (Å²) in [6.07, 6.45) is 5.42. The molecule has 3 heterocycles. The van der Waals surface area contributed by atoms with Gasteiger partial charge in [0, 0.05) is 36.3 Å². The summed E-state index contributed by atoms with van der Waals surface area (Å²) < 4.78 is 5.91. The number of nitrogens with one attached hydrogen (secondary N) is 1. The molecule has 0 saturated heterocycles. The molecule has 3 aromatic rings. The Hall–Kier alpha value is -3.16. The molecule has 0 fully saturated rings. The topological polar surface area (TPSA) is 101 Å². The molecule has 3 N–H and O–H groups in total. The quantitative estimate of drug-likeness (QED) is 0.572. The molecule has 0 saturated carbocycles. The molecule has 2 atom stereocenters. The van der Waals surface area contributed by atoms with E-state index >= 15 is 0 Å². The fourth-order valence-corrected chi connectivity index (χ4v) is 3.82. The second-order valence-electron chi connectivity index (χ2n) is 8.11. The van der Waals surface area contributed by atoms with Crippen LogP contribution in [0, 0.1) is 12.8 Å². The fourth-order valence-electron chi connectivity index (χ4n) is 3.82. The largest absolute Gasteiger partial charge is 0.459 e. The van der Waals surface area contributed by atoms with E-state index in [2.05, 4.69) is 10.3 Å². The van der Waals surface area contributed by atoms with Gasteiger partial charge in [-0.25, -0.2) is 4.98 Å². The van der Waals surface area contributed by atoms with Crippen LogP contribution < -0.4 is 11.1 Å². The number of hydrogen-bond donors (Lipinski definition) is 2. The number of amides is 2. The molecule has 168 valence electrons. The molecular weight excluding hydrogens is 428 g/mol. The van der Waals surface area contributed by atoms with Gasteiger partial charge in [0.1, 0.15) is 17.2 Å². The van der Waals surface area contributed by atoms with E-state index in [-0.39, 0.29) is 36.2 Å². The van der Waals surface area contributed by atoms with E-state index in [0.29, 0.717) is 18.8 Å². The number of anilines is 1. The van der Waals surface area contributed by atoms with E-state index in [1.807, 2.05) is 44.2 Å². The van der Waals surface area contributed by atoms with Crippen LogP contribution in [-0.4, -0.2) is 34.8 Å². The first kappa shape index (κ1) is 23.5. The van der Waals surface area contributed by atoms with Crippen LogP contribution in [-0.2, 0) is 22.6 Å². The lowest BCUT2D eigenvalue weighted by molar-refractivity contribution is -0.125. The van der Waals surface area contributed by atoms with Crippen molar-refractivity contribution < 1.29 is 14.0 Å². The summed E-state index contributed by atoms with van der Waals surface area (Å²) in [7, 11) is 1.74. The average Bonchev–Trinajstić information content (AvgIpc) is 3.06. The van der Waals surface area contributed by atoms with E-state index < -0.39 is 0 Å². The summed E-state index contributed by atoms with van der Waals surface area (Å²) >= 11 is 0. The van der Waals surface area contributed by atoms with Gasteiger partial charge < -0.3 is 20.4 Å². The molecule has 2 amide bonds. The molecule has 7 nitrogen and oxygen atoms in total. The van der Waals surface area contributed by atoms with Crippen molar-refractivity contribution in [3.05, 3.63) is 65.1 Å². The van der Waals surface area contributed by atoms with Crippen molar-refractivity contribution in [1.29, 1.82) is 0 Å². The maximum absolute atomic E-state index is 12.6. The van der Waals surface area contributed by atoms with Gasteiger partial charge in [-0.2, -0.15) is 0 Å². The third-order valence-corrected chi connectivity index (χ3v) is 5.76. The van der Waals surface area contributed by atoms with Crippen LogP contribution >= 0.6 is 12.4 Å². The van der Waals surface area contributed by atoms with Gasteiger partial charge in [0.2, 0.25) is 11.8 Å². The maximum atomic E-state index is 12.6. The number of fused-ring (bicyclic) bond motifs is 2. The molecule has 0 aliphatic carbocycles. The Morgan fingerprint density at radius 3 is 2.88 bits per heavy atom. The fraction of sp³-hybridized carbons (Fsp3) is 0.292. The number of carbonyl (C=O) groups is 2. The zero-order chi connectivity index (χ0) is 22.1. The summed E-state index contributed by atoms with van der Waals surface area (Å²) in [5.74, 6) is 0.810. The predicted octanol–water partition coefficient (Wildman–Crippen LogP) is 3.69. The summed E-state index contributed by atoms with van der Waals surface area (Å²) in [5, 5.41) is 3.87. The Morgan fingerprint density at radius 2 is 2.16 bits per heavy atom. The van der Waals surface area contributed by atoms with Crippen LogP contribution in [0.15, 0.2) is 47.0 Å². The number of para-hydroxylation sites is 1. The van der Waals surface area contributed by atoms with E-state index in [0.717, 1.165) is 33.4 Å². The lowest BCUT2D eigenvalue weighted by Gasteiger charge is -2.26. The second kappa shape index (κ2) is 9.54. The first-order chi connectivity index (χ1) is 14.8. The average molecular weight is 455 g/mol. The number of rotatable bonds is 5. The van der Waals surface area contributed by atoms with E-state index in [9.17, 15) is 9.59 Å². The summed E-state index contributed by atoms with van der Waals surface area (Å²) in [4.78, 5) is 30.7. The molecule has 2 aromatic heterocycles. The summed E-state index contributed by atoms with van der Waals surface area (Å²) in [6, 6.07) is 9.53. The minimum absolute atomic E-state index is 0. The minimum atomic E-state index is -0.284. The molecule has 1 aliphatic rings. The number of hydrogen-bond acceptors (Lipinski definition) is 5. The Balaban J connectivity index is 0.00000289. The predicted molar refractivity (Wildman–Crippen MR) is 127 cm³/mol. The normalized spacial score (nSPS) is 16.4. The standard InChI is InChI=1S/C24H26N4O3.ClH/c1-14-18-6-4-5-7-20(18)31-21(14)13-28(3)22(29)9-8-16-10-17-11-19(15(2)25)24(30)27-23(17)26-12-16;/h4-10,12,15,19H,11,13,25H2,1-3H3,(H,26,27,30);1H. The van der Waals surface area contributed by atoms with Gasteiger partial charge >= 0.3 is 0 Å². The summed E-state index contributed by atoms with van der Waals surface area (Å²) in [6.45, 7) is 4.21.